The van der Waals surface area contributed by atoms with E-state index in [9.17, 15) is 19.5 Å². The number of esters is 1. The van der Waals surface area contributed by atoms with Gasteiger partial charge in [0, 0.05) is 5.75 Å². The van der Waals surface area contributed by atoms with Crippen LogP contribution in [0.3, 0.4) is 0 Å². The Morgan fingerprint density at radius 3 is 2.61 bits per heavy atom. The highest BCUT2D eigenvalue weighted by atomic mass is 32.2. The summed E-state index contributed by atoms with van der Waals surface area (Å²) in [4.78, 5) is 38.5. The summed E-state index contributed by atoms with van der Waals surface area (Å²) in [5.41, 5.74) is -0.729. The van der Waals surface area contributed by atoms with Gasteiger partial charge in [-0.2, -0.15) is 0 Å². The van der Waals surface area contributed by atoms with E-state index >= 15 is 0 Å². The summed E-state index contributed by atoms with van der Waals surface area (Å²) in [6, 6.07) is 7.06. The highest BCUT2D eigenvalue weighted by Crippen LogP contribution is 2.39. The van der Waals surface area contributed by atoms with Crippen LogP contribution in [0, 0.1) is 0 Å². The number of nitrogens with zero attached hydrogens (tertiary/aromatic N) is 1. The van der Waals surface area contributed by atoms with Gasteiger partial charge in [0.15, 0.2) is 12.6 Å². The van der Waals surface area contributed by atoms with Crippen LogP contribution in [0.25, 0.3) is 0 Å². The first-order valence-electron chi connectivity index (χ1n) is 8.99. The molecule has 4 atom stereocenters. The molecule has 8 nitrogen and oxygen atoms in total. The van der Waals surface area contributed by atoms with Crippen LogP contribution in [-0.2, 0) is 19.1 Å². The Labute approximate surface area is 167 Å². The number of carbonyl (C=O) groups excluding carboxylic acids is 3. The van der Waals surface area contributed by atoms with E-state index in [-0.39, 0.29) is 12.4 Å². The van der Waals surface area contributed by atoms with E-state index in [2.05, 4.69) is 5.32 Å². The molecule has 1 aromatic carbocycles. The fourth-order valence-corrected chi connectivity index (χ4v) is 4.43. The second-order valence-corrected chi connectivity index (χ2v) is 8.81. The number of para-hydroxylation sites is 1. The van der Waals surface area contributed by atoms with Crippen molar-refractivity contribution in [2.75, 3.05) is 12.4 Å². The zero-order valence-electron chi connectivity index (χ0n) is 16.0. The molecule has 2 amide bonds. The van der Waals surface area contributed by atoms with Gasteiger partial charge in [0.1, 0.15) is 22.8 Å². The van der Waals surface area contributed by atoms with Crippen molar-refractivity contribution in [3.05, 3.63) is 30.3 Å². The number of amides is 2. The van der Waals surface area contributed by atoms with Crippen LogP contribution < -0.4 is 10.1 Å². The molecule has 0 radical (unpaired) electrons. The van der Waals surface area contributed by atoms with Crippen LogP contribution in [0.5, 0.6) is 5.75 Å². The molecule has 2 heterocycles. The molecule has 152 valence electrons. The summed E-state index contributed by atoms with van der Waals surface area (Å²) in [6.45, 7) is 4.95. The van der Waals surface area contributed by atoms with Crippen molar-refractivity contribution in [1.82, 2.24) is 10.2 Å². The number of nitrogens with one attached hydrogen (secondary N) is 1. The molecule has 0 aromatic heterocycles. The lowest BCUT2D eigenvalue weighted by molar-refractivity contribution is -0.178. The van der Waals surface area contributed by atoms with Gasteiger partial charge in [0.25, 0.3) is 5.91 Å². The van der Waals surface area contributed by atoms with Gasteiger partial charge >= 0.3 is 5.97 Å². The molecule has 0 saturated carbocycles. The first-order chi connectivity index (χ1) is 13.2. The summed E-state index contributed by atoms with van der Waals surface area (Å²) in [5, 5.41) is 12.5. The van der Waals surface area contributed by atoms with Crippen LogP contribution >= 0.6 is 11.8 Å². The SMILES string of the molecule is CC(C)(C)OC(=O)C1C(O)CS[C@H]2[C@H](NC(=O)COc3ccccc3)C(=O)N12. The van der Waals surface area contributed by atoms with E-state index in [1.54, 1.807) is 45.0 Å². The molecule has 3 rings (SSSR count). The third-order valence-electron chi connectivity index (χ3n) is 4.26. The number of benzene rings is 1. The van der Waals surface area contributed by atoms with Crippen LogP contribution in [0.15, 0.2) is 30.3 Å². The molecule has 0 aliphatic carbocycles. The second kappa shape index (κ2) is 8.00. The first kappa shape index (κ1) is 20.5. The molecule has 9 heteroatoms. The molecule has 2 N–H and O–H groups in total. The minimum Gasteiger partial charge on any atom is -0.484 e. The Morgan fingerprint density at radius 1 is 1.29 bits per heavy atom. The van der Waals surface area contributed by atoms with Gasteiger partial charge in [-0.05, 0) is 32.9 Å². The minimum absolute atomic E-state index is 0.219. The predicted octanol–water partition coefficient (Wildman–Crippen LogP) is 0.536. The summed E-state index contributed by atoms with van der Waals surface area (Å²) in [5.74, 6) is -0.664. The topological polar surface area (TPSA) is 105 Å². The van der Waals surface area contributed by atoms with Gasteiger partial charge in [-0.3, -0.25) is 9.59 Å². The highest BCUT2D eigenvalue weighted by molar-refractivity contribution is 8.00. The highest BCUT2D eigenvalue weighted by Gasteiger charge is 2.58. The Kier molecular flexibility index (Phi) is 5.85. The zero-order valence-corrected chi connectivity index (χ0v) is 16.8. The van der Waals surface area contributed by atoms with Crippen LogP contribution in [0.2, 0.25) is 0 Å². The van der Waals surface area contributed by atoms with E-state index in [0.29, 0.717) is 5.75 Å². The number of carbonyl (C=O) groups is 3. The normalized spacial score (nSPS) is 26.7. The van der Waals surface area contributed by atoms with Gasteiger partial charge in [0.05, 0.1) is 6.10 Å². The average Bonchev–Trinajstić information content (AvgIpc) is 2.63. The standard InChI is InChI=1S/C19H24N2O6S/c1-19(2,3)27-18(25)15-12(22)10-28-17-14(16(24)21(15)17)20-13(23)9-26-11-7-5-4-6-8-11/h4-8,12,14-15,17,22H,9-10H2,1-3H3,(H,20,23)/t12?,14-,15?,17+/m1/s1. The molecule has 2 fully saturated rings. The molecule has 2 aliphatic heterocycles. The molecular formula is C19H24N2O6S. The smallest absolute Gasteiger partial charge is 0.332 e. The van der Waals surface area contributed by atoms with Gasteiger partial charge in [0.2, 0.25) is 5.91 Å². The zero-order chi connectivity index (χ0) is 20.5. The van der Waals surface area contributed by atoms with Crippen molar-refractivity contribution < 1.29 is 29.0 Å². The maximum absolute atomic E-state index is 12.6. The van der Waals surface area contributed by atoms with Crippen molar-refractivity contribution in [3.63, 3.8) is 0 Å². The fraction of sp³-hybridized carbons (Fsp3) is 0.526. The number of β-lactam (4-membered cyclic amide) rings is 1. The lowest BCUT2D eigenvalue weighted by atomic mass is 9.99. The van der Waals surface area contributed by atoms with Gasteiger partial charge in [-0.15, -0.1) is 11.8 Å². The number of hydrogen-bond donors (Lipinski definition) is 2. The van der Waals surface area contributed by atoms with E-state index in [1.165, 1.54) is 16.7 Å². The number of ether oxygens (including phenoxy) is 2. The Morgan fingerprint density at radius 2 is 1.96 bits per heavy atom. The maximum atomic E-state index is 12.6. The van der Waals surface area contributed by atoms with Gasteiger partial charge < -0.3 is 24.8 Å². The average molecular weight is 408 g/mol. The third-order valence-corrected chi connectivity index (χ3v) is 5.63. The molecule has 2 unspecified atom stereocenters. The monoisotopic (exact) mass is 408 g/mol. The van der Waals surface area contributed by atoms with Crippen LogP contribution in [0.1, 0.15) is 20.8 Å². The van der Waals surface area contributed by atoms with Crippen molar-refractivity contribution >= 4 is 29.5 Å². The van der Waals surface area contributed by atoms with Crippen molar-refractivity contribution in [3.8, 4) is 5.75 Å². The van der Waals surface area contributed by atoms with E-state index in [0.717, 1.165) is 0 Å². The molecule has 0 spiro atoms. The second-order valence-electron chi connectivity index (χ2n) is 7.66. The molecule has 28 heavy (non-hydrogen) atoms. The largest absolute Gasteiger partial charge is 0.484 e. The Hall–Kier alpha value is -2.26. The van der Waals surface area contributed by atoms with E-state index < -0.39 is 46.9 Å². The summed E-state index contributed by atoms with van der Waals surface area (Å²) in [7, 11) is 0. The Bertz CT molecular complexity index is 751. The quantitative estimate of drug-likeness (QED) is 0.541. The number of aliphatic hydroxyl groups excluding tert-OH is 1. The summed E-state index contributed by atoms with van der Waals surface area (Å²) in [6.07, 6.45) is -1.02. The third kappa shape index (κ3) is 4.41. The molecule has 1 aromatic rings. The fourth-order valence-electron chi connectivity index (χ4n) is 3.08. The number of aliphatic hydroxyl groups is 1. The lowest BCUT2D eigenvalue weighted by Crippen LogP contribution is -2.77. The molecule has 2 saturated heterocycles. The minimum atomic E-state index is -1.06. The number of thioether (sulfide) groups is 1. The number of rotatable bonds is 5. The maximum Gasteiger partial charge on any atom is 0.332 e. The van der Waals surface area contributed by atoms with Crippen molar-refractivity contribution in [2.45, 2.75) is 49.9 Å². The van der Waals surface area contributed by atoms with Crippen LogP contribution in [-0.4, -0.2) is 69.3 Å². The van der Waals surface area contributed by atoms with Gasteiger partial charge in [-0.1, -0.05) is 18.2 Å². The van der Waals surface area contributed by atoms with E-state index in [4.69, 9.17) is 9.47 Å². The van der Waals surface area contributed by atoms with E-state index in [1.807, 2.05) is 6.07 Å². The number of fused-ring (bicyclic) bond motifs is 1. The lowest BCUT2D eigenvalue weighted by Gasteiger charge is -2.53. The van der Waals surface area contributed by atoms with Gasteiger partial charge in [-0.25, -0.2) is 4.79 Å². The Balaban J connectivity index is 1.59. The summed E-state index contributed by atoms with van der Waals surface area (Å²) < 4.78 is 10.7. The molecule has 0 bridgehead atoms. The predicted molar refractivity (Wildman–Crippen MR) is 103 cm³/mol. The number of hydrogen-bond acceptors (Lipinski definition) is 7. The molecule has 2 aliphatic rings. The molecular weight excluding hydrogens is 384 g/mol. The summed E-state index contributed by atoms with van der Waals surface area (Å²) >= 11 is 1.32. The van der Waals surface area contributed by atoms with Crippen molar-refractivity contribution in [2.24, 2.45) is 0 Å². The van der Waals surface area contributed by atoms with Crippen molar-refractivity contribution in [1.29, 1.82) is 0 Å². The first-order valence-corrected chi connectivity index (χ1v) is 10.0. The van der Waals surface area contributed by atoms with Crippen LogP contribution in [0.4, 0.5) is 0 Å².